The first kappa shape index (κ1) is 11.7. The lowest BCUT2D eigenvalue weighted by Crippen LogP contribution is -1.99. The van der Waals surface area contributed by atoms with Crippen LogP contribution in [0.4, 0.5) is 0 Å². The summed E-state index contributed by atoms with van der Waals surface area (Å²) in [4.78, 5) is 4.11. The predicted octanol–water partition coefficient (Wildman–Crippen LogP) is 3.83. The van der Waals surface area contributed by atoms with Crippen LogP contribution in [0, 0.1) is 0 Å². The second-order valence-electron chi connectivity index (χ2n) is 3.63. The molecule has 0 saturated carbocycles. The van der Waals surface area contributed by atoms with Crippen molar-refractivity contribution in [1.82, 2.24) is 0 Å². The van der Waals surface area contributed by atoms with Gasteiger partial charge in [-0.05, 0) is 17.6 Å². The van der Waals surface area contributed by atoms with Crippen molar-refractivity contribution in [1.29, 1.82) is 0 Å². The molecule has 0 bridgehead atoms. The van der Waals surface area contributed by atoms with Crippen molar-refractivity contribution in [3.05, 3.63) is 47.5 Å². The Kier molecular flexibility index (Phi) is 4.82. The Bertz CT molecular complexity index is 336. The van der Waals surface area contributed by atoms with Crippen LogP contribution in [0.15, 0.2) is 47.0 Å². The molecule has 1 heteroatoms. The second-order valence-corrected chi connectivity index (χ2v) is 3.63. The minimum Gasteiger partial charge on any atom is -0.296 e. The number of hydrogen-bond acceptors (Lipinski definition) is 1. The number of nitrogens with zero attached hydrogens (tertiary/aromatic N) is 1. The molecule has 0 aliphatic carbocycles. The average Bonchev–Trinajstić information content (AvgIpc) is 2.29. The first-order chi connectivity index (χ1) is 7.29. The molecule has 1 aromatic carbocycles. The summed E-state index contributed by atoms with van der Waals surface area (Å²) >= 11 is 0. The van der Waals surface area contributed by atoms with E-state index in [0.29, 0.717) is 5.92 Å². The van der Waals surface area contributed by atoms with Gasteiger partial charge in [0.1, 0.15) is 0 Å². The Labute approximate surface area is 92.6 Å². The maximum Gasteiger partial charge on any atom is 0.0277 e. The molecule has 0 amide bonds. The minimum atomic E-state index is 0.426. The highest BCUT2D eigenvalue weighted by Crippen LogP contribution is 2.22. The molecule has 0 aliphatic heterocycles. The van der Waals surface area contributed by atoms with Crippen LogP contribution < -0.4 is 0 Å². The van der Waals surface area contributed by atoms with Crippen molar-refractivity contribution >= 4 is 6.21 Å². The van der Waals surface area contributed by atoms with Crippen molar-refractivity contribution in [2.24, 2.45) is 4.99 Å². The van der Waals surface area contributed by atoms with Crippen LogP contribution in [-0.2, 0) is 0 Å². The molecule has 1 aromatic rings. The molecule has 0 aliphatic rings. The van der Waals surface area contributed by atoms with E-state index >= 15 is 0 Å². The van der Waals surface area contributed by atoms with Gasteiger partial charge in [0, 0.05) is 19.2 Å². The maximum atomic E-state index is 4.11. The van der Waals surface area contributed by atoms with Crippen molar-refractivity contribution < 1.29 is 0 Å². The zero-order valence-corrected chi connectivity index (χ0v) is 9.77. The summed E-state index contributed by atoms with van der Waals surface area (Å²) in [6, 6.07) is 10.5. The van der Waals surface area contributed by atoms with Gasteiger partial charge in [-0.2, -0.15) is 0 Å². The van der Waals surface area contributed by atoms with Gasteiger partial charge in [0.25, 0.3) is 0 Å². The molecule has 1 atom stereocenters. The topological polar surface area (TPSA) is 12.4 Å². The molecule has 1 rings (SSSR count). The highest BCUT2D eigenvalue weighted by atomic mass is 14.6. The number of aliphatic imine (C=N–C) groups is 1. The van der Waals surface area contributed by atoms with E-state index in [0.717, 1.165) is 6.42 Å². The smallest absolute Gasteiger partial charge is 0.0277 e. The lowest BCUT2D eigenvalue weighted by Gasteiger charge is -2.12. The van der Waals surface area contributed by atoms with E-state index in [9.17, 15) is 0 Å². The molecule has 1 unspecified atom stereocenters. The van der Waals surface area contributed by atoms with Crippen molar-refractivity contribution in [3.8, 4) is 0 Å². The van der Waals surface area contributed by atoms with E-state index in [4.69, 9.17) is 0 Å². The van der Waals surface area contributed by atoms with Crippen LogP contribution in [0.5, 0.6) is 0 Å². The summed E-state index contributed by atoms with van der Waals surface area (Å²) in [7, 11) is 1.82. The van der Waals surface area contributed by atoms with Crippen LogP contribution in [0.3, 0.4) is 0 Å². The first-order valence-corrected chi connectivity index (χ1v) is 5.46. The van der Waals surface area contributed by atoms with Gasteiger partial charge in [-0.1, -0.05) is 50.3 Å². The van der Waals surface area contributed by atoms with Gasteiger partial charge in [-0.3, -0.25) is 4.99 Å². The van der Waals surface area contributed by atoms with E-state index in [1.54, 1.807) is 0 Å². The molecule has 0 saturated heterocycles. The summed E-state index contributed by atoms with van der Waals surface area (Å²) in [6.07, 6.45) is 5.25. The van der Waals surface area contributed by atoms with Crippen molar-refractivity contribution in [2.45, 2.75) is 26.2 Å². The van der Waals surface area contributed by atoms with E-state index in [-0.39, 0.29) is 0 Å². The Morgan fingerprint density at radius 3 is 2.53 bits per heavy atom. The largest absolute Gasteiger partial charge is 0.296 e. The molecular weight excluding hydrogens is 182 g/mol. The predicted molar refractivity (Wildman–Crippen MR) is 67.6 cm³/mol. The van der Waals surface area contributed by atoms with Gasteiger partial charge in [-0.25, -0.2) is 0 Å². The zero-order chi connectivity index (χ0) is 11.1. The Morgan fingerprint density at radius 1 is 1.33 bits per heavy atom. The average molecular weight is 201 g/mol. The second kappa shape index (κ2) is 6.18. The third kappa shape index (κ3) is 3.35. The molecule has 0 aromatic heterocycles. The monoisotopic (exact) mass is 201 g/mol. The molecule has 0 N–H and O–H groups in total. The number of allylic oxidation sites excluding steroid dienone is 2. The molecule has 0 spiro atoms. The van der Waals surface area contributed by atoms with Crippen LogP contribution in [0.1, 0.15) is 31.7 Å². The van der Waals surface area contributed by atoms with Gasteiger partial charge in [0.15, 0.2) is 0 Å². The Balaban J connectivity index is 2.91. The summed E-state index contributed by atoms with van der Waals surface area (Å²) in [5.41, 5.74) is 2.64. The molecule has 1 nitrogen and oxygen atoms in total. The quantitative estimate of drug-likeness (QED) is 0.656. The third-order valence-corrected chi connectivity index (χ3v) is 2.52. The van der Waals surface area contributed by atoms with Gasteiger partial charge < -0.3 is 0 Å². The third-order valence-electron chi connectivity index (χ3n) is 2.52. The minimum absolute atomic E-state index is 0.426. The molecule has 0 fully saturated rings. The number of rotatable bonds is 4. The normalized spacial score (nSPS) is 14.5. The van der Waals surface area contributed by atoms with Crippen molar-refractivity contribution in [3.63, 3.8) is 0 Å². The summed E-state index contributed by atoms with van der Waals surface area (Å²) in [6.45, 7) is 4.37. The Hall–Kier alpha value is -1.37. The lowest BCUT2D eigenvalue weighted by molar-refractivity contribution is 0.927. The van der Waals surface area contributed by atoms with Crippen LogP contribution in [-0.4, -0.2) is 13.3 Å². The van der Waals surface area contributed by atoms with Gasteiger partial charge in [0.05, 0.1) is 0 Å². The standard InChI is InChI=1S/C14H19N/c1-4-8-14(11-15-3)12(2)13-9-6-5-7-10-13/h5-12H,4H2,1-3H3/b14-8+,15-11?. The van der Waals surface area contributed by atoms with E-state index < -0.39 is 0 Å². The van der Waals surface area contributed by atoms with Crippen molar-refractivity contribution in [2.75, 3.05) is 7.05 Å². The summed E-state index contributed by atoms with van der Waals surface area (Å²) < 4.78 is 0. The summed E-state index contributed by atoms with van der Waals surface area (Å²) in [5.74, 6) is 0.426. The SMILES string of the molecule is CC/C=C(\C=NC)C(C)c1ccccc1. The maximum absolute atomic E-state index is 4.11. The molecule has 0 heterocycles. The zero-order valence-electron chi connectivity index (χ0n) is 9.77. The van der Waals surface area contributed by atoms with E-state index in [1.807, 2.05) is 19.3 Å². The fraction of sp³-hybridized carbons (Fsp3) is 0.357. The lowest BCUT2D eigenvalue weighted by atomic mass is 9.93. The van der Waals surface area contributed by atoms with Crippen LogP contribution in [0.2, 0.25) is 0 Å². The molecule has 15 heavy (non-hydrogen) atoms. The highest BCUT2D eigenvalue weighted by molar-refractivity contribution is 5.80. The number of hydrogen-bond donors (Lipinski definition) is 0. The van der Waals surface area contributed by atoms with Crippen LogP contribution >= 0.6 is 0 Å². The fourth-order valence-electron chi connectivity index (χ4n) is 1.66. The fourth-order valence-corrected chi connectivity index (χ4v) is 1.66. The first-order valence-electron chi connectivity index (χ1n) is 5.46. The van der Waals surface area contributed by atoms with Crippen LogP contribution in [0.25, 0.3) is 0 Å². The molecular formula is C14H19N. The van der Waals surface area contributed by atoms with Gasteiger partial charge in [-0.15, -0.1) is 0 Å². The van der Waals surface area contributed by atoms with E-state index in [1.165, 1.54) is 11.1 Å². The summed E-state index contributed by atoms with van der Waals surface area (Å²) in [5, 5.41) is 0. The van der Waals surface area contributed by atoms with Gasteiger partial charge in [0.2, 0.25) is 0 Å². The van der Waals surface area contributed by atoms with Gasteiger partial charge >= 0.3 is 0 Å². The molecule has 0 radical (unpaired) electrons. The van der Waals surface area contributed by atoms with E-state index in [2.05, 4.69) is 49.2 Å². The number of benzene rings is 1. The molecule has 80 valence electrons. The Morgan fingerprint density at radius 2 is 2.00 bits per heavy atom. The highest BCUT2D eigenvalue weighted by Gasteiger charge is 2.07.